The number of fused-ring (bicyclic) bond motifs is 1. The fourth-order valence-electron chi connectivity index (χ4n) is 5.49. The molecule has 0 aliphatic carbocycles. The first-order valence-electron chi connectivity index (χ1n) is 12.7. The van der Waals surface area contributed by atoms with Gasteiger partial charge >= 0.3 is 0 Å². The predicted molar refractivity (Wildman–Crippen MR) is 150 cm³/mol. The van der Waals surface area contributed by atoms with Crippen LogP contribution in [0.25, 0.3) is 10.9 Å². The van der Waals surface area contributed by atoms with E-state index in [0.29, 0.717) is 17.0 Å². The Bertz CT molecular complexity index is 1440. The monoisotopic (exact) mass is 473 g/mol. The predicted octanol–water partition coefficient (Wildman–Crippen LogP) is 7.20. The van der Waals surface area contributed by atoms with Gasteiger partial charge in [-0.15, -0.1) is 13.2 Å². The van der Waals surface area contributed by atoms with Gasteiger partial charge in [0.15, 0.2) is 5.78 Å². The van der Waals surface area contributed by atoms with Gasteiger partial charge in [-0.2, -0.15) is 0 Å². The molecule has 4 aromatic rings. The highest BCUT2D eigenvalue weighted by atomic mass is 16.1. The van der Waals surface area contributed by atoms with Gasteiger partial charge < -0.3 is 9.47 Å². The first-order chi connectivity index (χ1) is 17.5. The number of aromatic nitrogens is 1. The van der Waals surface area contributed by atoms with Crippen LogP contribution < -0.4 is 4.90 Å². The number of aryl methyl sites for hydroxylation is 2. The molecule has 36 heavy (non-hydrogen) atoms. The van der Waals surface area contributed by atoms with Crippen LogP contribution in [0.4, 0.5) is 5.69 Å². The molecule has 0 spiro atoms. The zero-order valence-electron chi connectivity index (χ0n) is 21.3. The average molecular weight is 474 g/mol. The number of para-hydroxylation sites is 1. The van der Waals surface area contributed by atoms with E-state index in [1.165, 1.54) is 22.0 Å². The smallest absolute Gasteiger partial charge is 0.193 e. The lowest BCUT2D eigenvalue weighted by Crippen LogP contribution is -2.22. The molecule has 0 bridgehead atoms. The Hall–Kier alpha value is -3.85. The van der Waals surface area contributed by atoms with Crippen LogP contribution in [0.2, 0.25) is 0 Å². The summed E-state index contributed by atoms with van der Waals surface area (Å²) in [5.74, 6) is 0.440. The number of hydrogen-bond donors (Lipinski definition) is 0. The Morgan fingerprint density at radius 2 is 1.86 bits per heavy atom. The molecule has 0 amide bonds. The molecule has 1 radical (unpaired) electrons. The van der Waals surface area contributed by atoms with E-state index in [0.717, 1.165) is 49.3 Å². The second-order valence-corrected chi connectivity index (χ2v) is 9.86. The average Bonchev–Trinajstić information content (AvgIpc) is 3.51. The molecule has 2 heterocycles. The fraction of sp³-hybridized carbons (Fsp3) is 0.242. The van der Waals surface area contributed by atoms with Crippen LogP contribution in [0.1, 0.15) is 50.5 Å². The Balaban J connectivity index is 1.50. The van der Waals surface area contributed by atoms with Gasteiger partial charge in [-0.25, -0.2) is 0 Å². The van der Waals surface area contributed by atoms with Gasteiger partial charge in [0.1, 0.15) is 0 Å². The molecule has 181 valence electrons. The molecule has 1 aliphatic rings. The van der Waals surface area contributed by atoms with Crippen molar-refractivity contribution in [2.45, 2.75) is 39.2 Å². The molecule has 1 aromatic heterocycles. The van der Waals surface area contributed by atoms with Crippen LogP contribution in [0.5, 0.6) is 0 Å². The van der Waals surface area contributed by atoms with Gasteiger partial charge in [-0.1, -0.05) is 60.2 Å². The zero-order chi connectivity index (χ0) is 25.2. The topological polar surface area (TPSA) is 25.2 Å². The van der Waals surface area contributed by atoms with Crippen molar-refractivity contribution in [3.63, 3.8) is 0 Å². The third-order valence-electron chi connectivity index (χ3n) is 7.37. The summed E-state index contributed by atoms with van der Waals surface area (Å²) in [6, 6.07) is 22.0. The molecule has 3 aromatic carbocycles. The molecule has 1 atom stereocenters. The largest absolute Gasteiger partial charge is 0.370 e. The summed E-state index contributed by atoms with van der Waals surface area (Å²) in [5, 5.41) is 1.32. The van der Waals surface area contributed by atoms with E-state index in [2.05, 4.69) is 66.1 Å². The summed E-state index contributed by atoms with van der Waals surface area (Å²) in [5.41, 5.74) is 8.49. The lowest BCUT2D eigenvalue weighted by atomic mass is 9.94. The number of hydrogen-bond acceptors (Lipinski definition) is 2. The Labute approximate surface area is 214 Å². The molecule has 5 rings (SSSR count). The number of allylic oxidation sites excluding steroid dienone is 2. The molecular formula is C33H33N2O. The van der Waals surface area contributed by atoms with Crippen molar-refractivity contribution in [3.8, 4) is 0 Å². The van der Waals surface area contributed by atoms with E-state index in [9.17, 15) is 4.79 Å². The number of benzene rings is 3. The van der Waals surface area contributed by atoms with E-state index in [1.54, 1.807) is 0 Å². The lowest BCUT2D eigenvalue weighted by Gasteiger charge is -2.24. The first kappa shape index (κ1) is 23.9. The SMILES string of the molecule is C=CCc1c(N2CCC(c3cn(CC=C)c4ccccc34)C2)[c]c(C(=O)c2ccc(C)cc2)cc1C. The van der Waals surface area contributed by atoms with Crippen molar-refractivity contribution >= 4 is 22.4 Å². The Kier molecular flexibility index (Phi) is 6.65. The summed E-state index contributed by atoms with van der Waals surface area (Å²) in [6.45, 7) is 14.7. The summed E-state index contributed by atoms with van der Waals surface area (Å²) in [7, 11) is 0. The lowest BCUT2D eigenvalue weighted by molar-refractivity contribution is 0.103. The third kappa shape index (κ3) is 4.42. The highest BCUT2D eigenvalue weighted by Gasteiger charge is 2.29. The molecule has 3 nitrogen and oxygen atoms in total. The molecule has 1 unspecified atom stereocenters. The van der Waals surface area contributed by atoms with Crippen molar-refractivity contribution in [2.75, 3.05) is 18.0 Å². The van der Waals surface area contributed by atoms with Crippen LogP contribution in [0.15, 0.2) is 86.1 Å². The number of ketones is 1. The third-order valence-corrected chi connectivity index (χ3v) is 7.37. The summed E-state index contributed by atoms with van der Waals surface area (Å²) >= 11 is 0. The Morgan fingerprint density at radius 1 is 1.08 bits per heavy atom. The van der Waals surface area contributed by atoms with Gasteiger partial charge in [0, 0.05) is 65.5 Å². The van der Waals surface area contributed by atoms with Gasteiger partial charge in [0.2, 0.25) is 0 Å². The standard InChI is InChI=1S/C33H33N2O/c1-5-9-28-24(4)19-27(33(36)25-14-12-23(3)13-15-25)20-32(28)35-18-16-26(21-35)30-22-34(17-6-2)31-11-8-7-10-29(30)31/h5-8,10-15,19,22,26H,1-2,9,16-18,21H2,3-4H3. The van der Waals surface area contributed by atoms with Gasteiger partial charge in [-0.05, 0) is 55.5 Å². The van der Waals surface area contributed by atoms with Crippen molar-refractivity contribution in [2.24, 2.45) is 0 Å². The van der Waals surface area contributed by atoms with E-state index < -0.39 is 0 Å². The Morgan fingerprint density at radius 3 is 2.61 bits per heavy atom. The maximum absolute atomic E-state index is 13.4. The van der Waals surface area contributed by atoms with Crippen molar-refractivity contribution in [3.05, 3.63) is 126 Å². The van der Waals surface area contributed by atoms with Crippen LogP contribution in [0, 0.1) is 19.9 Å². The van der Waals surface area contributed by atoms with Crippen LogP contribution >= 0.6 is 0 Å². The van der Waals surface area contributed by atoms with Crippen LogP contribution in [-0.2, 0) is 13.0 Å². The highest BCUT2D eigenvalue weighted by molar-refractivity contribution is 6.09. The number of rotatable bonds is 8. The molecule has 0 saturated carbocycles. The van der Waals surface area contributed by atoms with Gasteiger partial charge in [0.25, 0.3) is 0 Å². The van der Waals surface area contributed by atoms with Gasteiger partial charge in [0.05, 0.1) is 0 Å². The van der Waals surface area contributed by atoms with E-state index in [4.69, 9.17) is 0 Å². The minimum absolute atomic E-state index is 0.0211. The van der Waals surface area contributed by atoms with E-state index in [1.807, 2.05) is 49.4 Å². The number of nitrogens with zero attached hydrogens (tertiary/aromatic N) is 2. The molecule has 0 N–H and O–H groups in total. The highest BCUT2D eigenvalue weighted by Crippen LogP contribution is 2.38. The normalized spacial score (nSPS) is 15.4. The van der Waals surface area contributed by atoms with E-state index >= 15 is 0 Å². The molecule has 1 aliphatic heterocycles. The number of carbonyl (C=O) groups excluding carboxylic acids is 1. The maximum Gasteiger partial charge on any atom is 0.193 e. The first-order valence-corrected chi connectivity index (χ1v) is 12.7. The molecular weight excluding hydrogens is 440 g/mol. The maximum atomic E-state index is 13.4. The second kappa shape index (κ2) is 10.0. The number of anilines is 1. The van der Waals surface area contributed by atoms with Crippen LogP contribution in [-0.4, -0.2) is 23.4 Å². The fourth-order valence-corrected chi connectivity index (χ4v) is 5.49. The number of carbonyl (C=O) groups is 1. The van der Waals surface area contributed by atoms with Crippen molar-refractivity contribution in [1.82, 2.24) is 4.57 Å². The summed E-state index contributed by atoms with van der Waals surface area (Å²) < 4.78 is 2.29. The van der Waals surface area contributed by atoms with Crippen molar-refractivity contribution < 1.29 is 4.79 Å². The second-order valence-electron chi connectivity index (χ2n) is 9.86. The summed E-state index contributed by atoms with van der Waals surface area (Å²) in [6.07, 6.45) is 8.03. The van der Waals surface area contributed by atoms with Gasteiger partial charge in [-0.3, -0.25) is 4.79 Å². The quantitative estimate of drug-likeness (QED) is 0.200. The van der Waals surface area contributed by atoms with E-state index in [-0.39, 0.29) is 5.78 Å². The molecule has 3 heteroatoms. The summed E-state index contributed by atoms with van der Waals surface area (Å²) in [4.78, 5) is 15.8. The molecule has 1 fully saturated rings. The minimum Gasteiger partial charge on any atom is -0.370 e. The zero-order valence-corrected chi connectivity index (χ0v) is 21.3. The molecule has 1 saturated heterocycles. The van der Waals surface area contributed by atoms with Crippen molar-refractivity contribution in [1.29, 1.82) is 0 Å². The van der Waals surface area contributed by atoms with Crippen LogP contribution in [0.3, 0.4) is 0 Å². The minimum atomic E-state index is 0.0211.